The summed E-state index contributed by atoms with van der Waals surface area (Å²) in [5.41, 5.74) is 0.762. The van der Waals surface area contributed by atoms with E-state index in [1.807, 2.05) is 59.5 Å². The van der Waals surface area contributed by atoms with Gasteiger partial charge in [0.05, 0.1) is 5.03 Å². The van der Waals surface area contributed by atoms with Crippen LogP contribution in [0.5, 0.6) is 0 Å². The Bertz CT molecular complexity index is 1450. The largest absolute Gasteiger partial charge is 0.325 e. The molecule has 1 aliphatic heterocycles. The summed E-state index contributed by atoms with van der Waals surface area (Å²) in [6.45, 7) is 0.0626. The molecule has 5 atom stereocenters. The molecule has 4 aromatic rings. The predicted octanol–water partition coefficient (Wildman–Crippen LogP) is 6.42. The number of amides is 1. The number of carbonyl (C=O) groups excluding carboxylic acids is 1. The number of aromatic nitrogens is 1. The van der Waals surface area contributed by atoms with Crippen molar-refractivity contribution in [2.45, 2.75) is 42.0 Å². The Morgan fingerprint density at radius 3 is 2.74 bits per heavy atom. The first kappa shape index (κ1) is 21.0. The number of anilines is 1. The summed E-state index contributed by atoms with van der Waals surface area (Å²) in [7, 11) is 0. The number of thiophene rings is 1. The third-order valence-electron chi connectivity index (χ3n) is 7.88. The molecule has 4 unspecified atom stereocenters. The zero-order valence-corrected chi connectivity index (χ0v) is 20.9. The summed E-state index contributed by atoms with van der Waals surface area (Å²) in [6.07, 6.45) is 3.96. The van der Waals surface area contributed by atoms with Crippen LogP contribution in [0, 0.1) is 17.8 Å². The molecule has 2 aliphatic carbocycles. The lowest BCUT2D eigenvalue weighted by Gasteiger charge is -2.40. The van der Waals surface area contributed by atoms with Crippen molar-refractivity contribution in [2.75, 3.05) is 5.32 Å². The van der Waals surface area contributed by atoms with Gasteiger partial charge in [-0.05, 0) is 71.4 Å². The van der Waals surface area contributed by atoms with Gasteiger partial charge in [0.1, 0.15) is 6.54 Å². The number of hydrogen-bond acceptors (Lipinski definition) is 5. The fourth-order valence-electron chi connectivity index (χ4n) is 6.49. The highest BCUT2D eigenvalue weighted by Crippen LogP contribution is 2.64. The number of fused-ring (bicyclic) bond motifs is 7. The van der Waals surface area contributed by atoms with Crippen molar-refractivity contribution in [1.82, 2.24) is 4.57 Å². The van der Waals surface area contributed by atoms with E-state index in [9.17, 15) is 9.59 Å². The van der Waals surface area contributed by atoms with Crippen molar-refractivity contribution in [3.05, 3.63) is 79.4 Å². The van der Waals surface area contributed by atoms with Crippen LogP contribution in [0.3, 0.4) is 0 Å². The first-order valence-electron chi connectivity index (χ1n) is 11.9. The Morgan fingerprint density at radius 2 is 1.88 bits per heavy atom. The molecular weight excluding hydrogens is 481 g/mol. The summed E-state index contributed by atoms with van der Waals surface area (Å²) < 4.78 is 1.74. The quantitative estimate of drug-likeness (QED) is 0.349. The number of benzene rings is 2. The van der Waals surface area contributed by atoms with Gasteiger partial charge in [-0.1, -0.05) is 47.7 Å². The molecule has 7 rings (SSSR count). The number of thioether (sulfide) groups is 1. The standard InChI is InChI=1S/C27H24N2O2S3/c30-21(28-19-10-9-15-4-1-2-5-16(15)13-19)14-29-26-25(34-27(29)31)23(20-6-3-11-32-20)22-17-7-8-18(12-17)24(22)33-26/h1-6,9-11,13,17-18,22-24H,7-8,12,14H2,(H,28,30)/t17?,18?,22?,23-,24?/m1/s1. The second-order valence-electron chi connectivity index (χ2n) is 9.72. The minimum Gasteiger partial charge on any atom is -0.325 e. The average molecular weight is 505 g/mol. The maximum absolute atomic E-state index is 13.2. The molecular formula is C27H24N2O2S3. The molecule has 1 N–H and O–H groups in total. The molecule has 2 aromatic heterocycles. The van der Waals surface area contributed by atoms with Crippen LogP contribution in [0.25, 0.3) is 10.8 Å². The molecule has 1 amide bonds. The van der Waals surface area contributed by atoms with Crippen molar-refractivity contribution >= 4 is 56.8 Å². The average Bonchev–Trinajstić information content (AvgIpc) is 3.64. The molecule has 2 saturated carbocycles. The summed E-state index contributed by atoms with van der Waals surface area (Å²) >= 11 is 5.06. The predicted molar refractivity (Wildman–Crippen MR) is 141 cm³/mol. The molecule has 2 bridgehead atoms. The molecule has 3 heterocycles. The molecule has 172 valence electrons. The van der Waals surface area contributed by atoms with Crippen LogP contribution < -0.4 is 10.2 Å². The SMILES string of the molecule is O=C(Cn1c2c(sc1=O)[C@H](c1cccs1)C1C3CCC(C3)C1S2)Nc1ccc2ccccc2c1. The van der Waals surface area contributed by atoms with Gasteiger partial charge in [-0.15, -0.1) is 23.1 Å². The molecule has 3 aliphatic rings. The van der Waals surface area contributed by atoms with Gasteiger partial charge in [-0.3, -0.25) is 14.2 Å². The van der Waals surface area contributed by atoms with Gasteiger partial charge >= 0.3 is 4.87 Å². The fourth-order valence-corrected chi connectivity index (χ4v) is 10.6. The molecule has 0 spiro atoms. The Balaban J connectivity index is 1.21. The minimum absolute atomic E-state index is 0.0139. The zero-order valence-electron chi connectivity index (χ0n) is 18.5. The van der Waals surface area contributed by atoms with Crippen LogP contribution >= 0.6 is 34.4 Å². The second-order valence-corrected chi connectivity index (χ2v) is 12.9. The van der Waals surface area contributed by atoms with Crippen LogP contribution in [0.15, 0.2) is 69.8 Å². The Labute approximate surface area is 210 Å². The number of hydrogen-bond donors (Lipinski definition) is 1. The number of rotatable bonds is 4. The Kier molecular flexibility index (Phi) is 5.00. The van der Waals surface area contributed by atoms with Crippen molar-refractivity contribution in [1.29, 1.82) is 0 Å². The van der Waals surface area contributed by atoms with E-state index in [1.165, 1.54) is 40.4 Å². The van der Waals surface area contributed by atoms with Gasteiger partial charge in [0.25, 0.3) is 0 Å². The van der Waals surface area contributed by atoms with E-state index in [1.54, 1.807) is 4.57 Å². The highest BCUT2D eigenvalue weighted by Gasteiger charge is 2.55. The minimum atomic E-state index is -0.152. The van der Waals surface area contributed by atoms with E-state index < -0.39 is 0 Å². The molecule has 34 heavy (non-hydrogen) atoms. The molecule has 2 fully saturated rings. The maximum Gasteiger partial charge on any atom is 0.308 e. The van der Waals surface area contributed by atoms with Gasteiger partial charge in [-0.25, -0.2) is 0 Å². The number of nitrogens with zero attached hydrogens (tertiary/aromatic N) is 1. The van der Waals surface area contributed by atoms with Gasteiger partial charge in [0.2, 0.25) is 5.91 Å². The monoisotopic (exact) mass is 504 g/mol. The molecule has 4 nitrogen and oxygen atoms in total. The van der Waals surface area contributed by atoms with Gasteiger partial charge in [0.15, 0.2) is 0 Å². The van der Waals surface area contributed by atoms with Gasteiger partial charge in [-0.2, -0.15) is 0 Å². The van der Waals surface area contributed by atoms with Gasteiger partial charge < -0.3 is 5.32 Å². The summed E-state index contributed by atoms with van der Waals surface area (Å²) in [5.74, 6) is 2.28. The van der Waals surface area contributed by atoms with E-state index in [0.717, 1.165) is 33.3 Å². The Hall–Kier alpha value is -2.35. The van der Waals surface area contributed by atoms with Crippen molar-refractivity contribution in [3.8, 4) is 0 Å². The molecule has 0 radical (unpaired) electrons. The molecule has 2 aromatic carbocycles. The van der Waals surface area contributed by atoms with E-state index >= 15 is 0 Å². The summed E-state index contributed by atoms with van der Waals surface area (Å²) in [4.78, 5) is 28.8. The lowest BCUT2D eigenvalue weighted by atomic mass is 9.77. The van der Waals surface area contributed by atoms with Crippen molar-refractivity contribution in [3.63, 3.8) is 0 Å². The second kappa shape index (κ2) is 8.11. The summed E-state index contributed by atoms with van der Waals surface area (Å²) in [5, 5.41) is 8.99. The Morgan fingerprint density at radius 1 is 1.03 bits per heavy atom. The first-order valence-corrected chi connectivity index (χ1v) is 14.5. The lowest BCUT2D eigenvalue weighted by molar-refractivity contribution is -0.116. The third-order valence-corrected chi connectivity index (χ3v) is 11.7. The maximum atomic E-state index is 13.2. The number of thiazole rings is 1. The van der Waals surface area contributed by atoms with Gasteiger partial charge in [0, 0.05) is 26.6 Å². The number of carbonyl (C=O) groups is 1. The van der Waals surface area contributed by atoms with Crippen LogP contribution in [0.1, 0.15) is 34.9 Å². The van der Waals surface area contributed by atoms with Crippen LogP contribution in [0.2, 0.25) is 0 Å². The van der Waals surface area contributed by atoms with Crippen molar-refractivity contribution in [2.24, 2.45) is 17.8 Å². The fraction of sp³-hybridized carbons (Fsp3) is 0.333. The lowest BCUT2D eigenvalue weighted by Crippen LogP contribution is -2.34. The highest BCUT2D eigenvalue weighted by atomic mass is 32.2. The highest BCUT2D eigenvalue weighted by molar-refractivity contribution is 8.00. The van der Waals surface area contributed by atoms with Crippen LogP contribution in [-0.4, -0.2) is 15.7 Å². The normalized spacial score (nSPS) is 27.0. The summed E-state index contributed by atoms with van der Waals surface area (Å²) in [6, 6.07) is 18.4. The smallest absolute Gasteiger partial charge is 0.308 e. The number of nitrogens with one attached hydrogen (secondary N) is 1. The van der Waals surface area contributed by atoms with E-state index in [4.69, 9.17) is 0 Å². The van der Waals surface area contributed by atoms with E-state index in [2.05, 4.69) is 28.9 Å². The molecule has 7 heteroatoms. The molecule has 0 saturated heterocycles. The van der Waals surface area contributed by atoms with Crippen LogP contribution in [-0.2, 0) is 11.3 Å². The zero-order chi connectivity index (χ0) is 22.8. The first-order chi connectivity index (χ1) is 16.7. The third kappa shape index (κ3) is 3.32. The van der Waals surface area contributed by atoms with Crippen molar-refractivity contribution < 1.29 is 4.79 Å². The van der Waals surface area contributed by atoms with E-state index in [-0.39, 0.29) is 17.3 Å². The van der Waals surface area contributed by atoms with Crippen LogP contribution in [0.4, 0.5) is 5.69 Å². The van der Waals surface area contributed by atoms with E-state index in [0.29, 0.717) is 17.1 Å². The topological polar surface area (TPSA) is 51.1 Å².